The number of nitrogens with zero attached hydrogens (tertiary/aromatic N) is 1. The summed E-state index contributed by atoms with van der Waals surface area (Å²) >= 11 is 0. The van der Waals surface area contributed by atoms with E-state index >= 15 is 0 Å². The number of pyridine rings is 1. The molecule has 3 unspecified atom stereocenters. The van der Waals surface area contributed by atoms with Crippen LogP contribution in [0.5, 0.6) is 0 Å². The number of amides is 2. The molecule has 0 spiro atoms. The molecule has 0 aromatic carbocycles. The van der Waals surface area contributed by atoms with Crippen molar-refractivity contribution in [3.63, 3.8) is 0 Å². The van der Waals surface area contributed by atoms with Gasteiger partial charge in [0, 0.05) is 24.5 Å². The second kappa shape index (κ2) is 8.43. The lowest BCUT2D eigenvalue weighted by molar-refractivity contribution is 0.223. The average Bonchev–Trinajstić information content (AvgIpc) is 2.54. The Hall–Kier alpha value is -1.67. The lowest BCUT2D eigenvalue weighted by Crippen LogP contribution is -2.55. The molecule has 0 radical (unpaired) electrons. The zero-order chi connectivity index (χ0) is 17.6. The molecule has 1 saturated carbocycles. The molecule has 0 bridgehead atoms. The maximum absolute atomic E-state index is 12.3. The largest absolute Gasteiger partial charge is 0.334 e. The molecule has 2 amide bonds. The van der Waals surface area contributed by atoms with Crippen LogP contribution in [0.2, 0.25) is 0 Å². The fourth-order valence-corrected chi connectivity index (χ4v) is 3.94. The van der Waals surface area contributed by atoms with E-state index in [-0.39, 0.29) is 24.2 Å². The van der Waals surface area contributed by atoms with Crippen molar-refractivity contribution < 1.29 is 13.2 Å². The maximum Gasteiger partial charge on any atom is 0.315 e. The number of hydrogen-bond donors (Lipinski definition) is 3. The van der Waals surface area contributed by atoms with Crippen LogP contribution in [0.3, 0.4) is 0 Å². The molecule has 24 heavy (non-hydrogen) atoms. The van der Waals surface area contributed by atoms with Gasteiger partial charge in [-0.05, 0) is 37.0 Å². The molecule has 134 valence electrons. The zero-order valence-electron chi connectivity index (χ0n) is 14.2. The predicted octanol–water partition coefficient (Wildman–Crippen LogP) is 1.69. The van der Waals surface area contributed by atoms with Crippen LogP contribution in [0.4, 0.5) is 4.79 Å². The summed E-state index contributed by atoms with van der Waals surface area (Å²) in [5.74, 6) is 0. The van der Waals surface area contributed by atoms with Gasteiger partial charge < -0.3 is 10.6 Å². The molecule has 1 aromatic rings. The molecular formula is C16H26N4O3S. The van der Waals surface area contributed by atoms with Crippen molar-refractivity contribution in [1.82, 2.24) is 20.3 Å². The second-order valence-corrected chi connectivity index (χ2v) is 8.03. The summed E-state index contributed by atoms with van der Waals surface area (Å²) in [6, 6.07) is 2.94. The van der Waals surface area contributed by atoms with E-state index in [9.17, 15) is 13.2 Å². The van der Waals surface area contributed by atoms with Gasteiger partial charge in [0.2, 0.25) is 10.0 Å². The molecule has 7 nitrogen and oxygen atoms in total. The van der Waals surface area contributed by atoms with Crippen molar-refractivity contribution in [2.45, 2.75) is 57.2 Å². The van der Waals surface area contributed by atoms with E-state index in [2.05, 4.69) is 20.3 Å². The Morgan fingerprint density at radius 3 is 2.46 bits per heavy atom. The van der Waals surface area contributed by atoms with E-state index in [1.165, 1.54) is 0 Å². The Morgan fingerprint density at radius 1 is 1.25 bits per heavy atom. The number of carbonyl (C=O) groups is 1. The van der Waals surface area contributed by atoms with Gasteiger partial charge in [0.1, 0.15) is 0 Å². The third-order valence-corrected chi connectivity index (χ3v) is 5.00. The normalized spacial score (nSPS) is 22.6. The van der Waals surface area contributed by atoms with E-state index in [1.807, 2.05) is 19.1 Å². The molecule has 0 saturated heterocycles. The van der Waals surface area contributed by atoms with Crippen molar-refractivity contribution in [1.29, 1.82) is 0 Å². The van der Waals surface area contributed by atoms with Crippen molar-refractivity contribution in [3.8, 4) is 0 Å². The van der Waals surface area contributed by atoms with Gasteiger partial charge >= 0.3 is 6.03 Å². The van der Waals surface area contributed by atoms with Gasteiger partial charge in [-0.15, -0.1) is 0 Å². The van der Waals surface area contributed by atoms with Crippen LogP contribution in [0.15, 0.2) is 24.5 Å². The van der Waals surface area contributed by atoms with Gasteiger partial charge in [-0.1, -0.05) is 19.8 Å². The van der Waals surface area contributed by atoms with Crippen LogP contribution in [0.25, 0.3) is 0 Å². The van der Waals surface area contributed by atoms with Gasteiger partial charge in [-0.2, -0.15) is 0 Å². The molecule has 0 aliphatic heterocycles. The molecular weight excluding hydrogens is 328 g/mol. The van der Waals surface area contributed by atoms with Crippen molar-refractivity contribution in [2.75, 3.05) is 6.26 Å². The SMILES string of the molecule is CCC(NC(=O)NC1CCCCC1NS(C)(=O)=O)c1ccncc1. The molecule has 2 rings (SSSR count). The highest BCUT2D eigenvalue weighted by molar-refractivity contribution is 7.88. The molecule has 1 heterocycles. The van der Waals surface area contributed by atoms with Crippen LogP contribution in [-0.4, -0.2) is 37.8 Å². The second-order valence-electron chi connectivity index (χ2n) is 6.25. The summed E-state index contributed by atoms with van der Waals surface area (Å²) in [6.45, 7) is 2.00. The maximum atomic E-state index is 12.3. The Kier molecular flexibility index (Phi) is 6.56. The number of urea groups is 1. The van der Waals surface area contributed by atoms with E-state index in [4.69, 9.17) is 0 Å². The molecule has 1 fully saturated rings. The van der Waals surface area contributed by atoms with Crippen LogP contribution >= 0.6 is 0 Å². The highest BCUT2D eigenvalue weighted by Gasteiger charge is 2.29. The minimum absolute atomic E-state index is 0.0992. The lowest BCUT2D eigenvalue weighted by atomic mass is 9.91. The standard InChI is InChI=1S/C16H26N4O3S/c1-3-13(12-8-10-17-11-9-12)18-16(21)19-14-6-4-5-7-15(14)20-24(2,22)23/h8-11,13-15,20H,3-7H2,1-2H3,(H2,18,19,21). The number of carbonyl (C=O) groups excluding carboxylic acids is 1. The number of aromatic nitrogens is 1. The van der Waals surface area contributed by atoms with E-state index in [1.54, 1.807) is 12.4 Å². The Labute approximate surface area is 143 Å². The number of rotatable bonds is 6. The Balaban J connectivity index is 1.96. The van der Waals surface area contributed by atoms with E-state index in [0.29, 0.717) is 0 Å². The van der Waals surface area contributed by atoms with Gasteiger partial charge in [0.25, 0.3) is 0 Å². The zero-order valence-corrected chi connectivity index (χ0v) is 15.0. The summed E-state index contributed by atoms with van der Waals surface area (Å²) in [6.07, 6.45) is 8.75. The molecule has 1 aliphatic rings. The fraction of sp³-hybridized carbons (Fsp3) is 0.625. The predicted molar refractivity (Wildman–Crippen MR) is 93.0 cm³/mol. The topological polar surface area (TPSA) is 100 Å². The van der Waals surface area contributed by atoms with Crippen LogP contribution in [-0.2, 0) is 10.0 Å². The number of nitrogens with one attached hydrogen (secondary N) is 3. The molecule has 1 aromatic heterocycles. The Morgan fingerprint density at radius 2 is 1.88 bits per heavy atom. The third-order valence-electron chi connectivity index (χ3n) is 4.27. The van der Waals surface area contributed by atoms with E-state index in [0.717, 1.165) is 43.9 Å². The van der Waals surface area contributed by atoms with Gasteiger partial charge in [-0.3, -0.25) is 4.98 Å². The average molecular weight is 354 g/mol. The van der Waals surface area contributed by atoms with Gasteiger partial charge in [0.05, 0.1) is 12.3 Å². The Bertz CT molecular complexity index is 636. The van der Waals surface area contributed by atoms with Crippen molar-refractivity contribution >= 4 is 16.1 Å². The summed E-state index contributed by atoms with van der Waals surface area (Å²) in [4.78, 5) is 16.3. The molecule has 3 N–H and O–H groups in total. The number of sulfonamides is 1. The molecule has 1 aliphatic carbocycles. The van der Waals surface area contributed by atoms with Gasteiger partial charge in [0.15, 0.2) is 0 Å². The summed E-state index contributed by atoms with van der Waals surface area (Å²) < 4.78 is 25.6. The molecule has 8 heteroatoms. The summed E-state index contributed by atoms with van der Waals surface area (Å²) in [5.41, 5.74) is 0.997. The van der Waals surface area contributed by atoms with Crippen molar-refractivity contribution in [2.24, 2.45) is 0 Å². The van der Waals surface area contributed by atoms with Crippen LogP contribution in [0.1, 0.15) is 50.6 Å². The number of hydrogen-bond acceptors (Lipinski definition) is 4. The van der Waals surface area contributed by atoms with Crippen LogP contribution in [0, 0.1) is 0 Å². The highest BCUT2D eigenvalue weighted by Crippen LogP contribution is 2.20. The quantitative estimate of drug-likeness (QED) is 0.724. The third kappa shape index (κ3) is 5.76. The smallest absolute Gasteiger partial charge is 0.315 e. The highest BCUT2D eigenvalue weighted by atomic mass is 32.2. The first-order chi connectivity index (χ1) is 11.4. The minimum atomic E-state index is -3.29. The monoisotopic (exact) mass is 354 g/mol. The van der Waals surface area contributed by atoms with Gasteiger partial charge in [-0.25, -0.2) is 17.9 Å². The molecule has 3 atom stereocenters. The summed E-state index contributed by atoms with van der Waals surface area (Å²) in [5, 5.41) is 5.89. The first-order valence-corrected chi connectivity index (χ1v) is 10.2. The lowest BCUT2D eigenvalue weighted by Gasteiger charge is -2.32. The summed E-state index contributed by atoms with van der Waals surface area (Å²) in [7, 11) is -3.29. The first-order valence-electron chi connectivity index (χ1n) is 8.33. The van der Waals surface area contributed by atoms with Crippen LogP contribution < -0.4 is 15.4 Å². The first kappa shape index (κ1) is 18.7. The van der Waals surface area contributed by atoms with E-state index < -0.39 is 10.0 Å². The van der Waals surface area contributed by atoms with Crippen molar-refractivity contribution in [3.05, 3.63) is 30.1 Å². The fourth-order valence-electron chi connectivity index (χ4n) is 3.10. The minimum Gasteiger partial charge on any atom is -0.334 e.